The van der Waals surface area contributed by atoms with Crippen LogP contribution in [0.3, 0.4) is 0 Å². The maximum absolute atomic E-state index is 11.7. The summed E-state index contributed by atoms with van der Waals surface area (Å²) in [6.07, 6.45) is 2.17. The second kappa shape index (κ2) is 6.18. The second-order valence-electron chi connectivity index (χ2n) is 7.33. The van der Waals surface area contributed by atoms with Crippen LogP contribution in [0.2, 0.25) is 0 Å². The van der Waals surface area contributed by atoms with Crippen molar-refractivity contribution in [3.05, 3.63) is 35.4 Å². The van der Waals surface area contributed by atoms with Gasteiger partial charge >= 0.3 is 5.97 Å². The Labute approximate surface area is 128 Å². The van der Waals surface area contributed by atoms with Crippen LogP contribution in [-0.2, 0) is 10.2 Å². The van der Waals surface area contributed by atoms with E-state index in [0.717, 1.165) is 31.5 Å². The summed E-state index contributed by atoms with van der Waals surface area (Å²) in [7, 11) is 0. The van der Waals surface area contributed by atoms with Gasteiger partial charge < -0.3 is 5.11 Å². The van der Waals surface area contributed by atoms with E-state index in [0.29, 0.717) is 5.92 Å². The number of aliphatic carboxylic acids is 1. The SMILES string of the molecule is CC1CCN(C(C(=O)O)c2ccc(C(C)(C)C)cc2)CC1. The molecule has 2 rings (SSSR count). The van der Waals surface area contributed by atoms with E-state index in [-0.39, 0.29) is 5.41 Å². The van der Waals surface area contributed by atoms with Crippen molar-refractivity contribution in [1.82, 2.24) is 4.90 Å². The van der Waals surface area contributed by atoms with Gasteiger partial charge in [0.25, 0.3) is 0 Å². The summed E-state index contributed by atoms with van der Waals surface area (Å²) in [4.78, 5) is 13.8. The molecule has 0 saturated carbocycles. The second-order valence-corrected chi connectivity index (χ2v) is 7.33. The molecule has 0 amide bonds. The normalized spacial score (nSPS) is 19.4. The predicted octanol–water partition coefficient (Wildman–Crippen LogP) is 3.84. The van der Waals surface area contributed by atoms with E-state index in [1.807, 2.05) is 12.1 Å². The zero-order valence-electron chi connectivity index (χ0n) is 13.6. The van der Waals surface area contributed by atoms with Gasteiger partial charge in [-0.2, -0.15) is 0 Å². The van der Waals surface area contributed by atoms with Crippen molar-refractivity contribution < 1.29 is 9.90 Å². The first-order chi connectivity index (χ1) is 9.79. The Morgan fingerprint density at radius 1 is 1.19 bits per heavy atom. The third-order valence-electron chi connectivity index (χ3n) is 4.51. The maximum Gasteiger partial charge on any atom is 0.325 e. The summed E-state index contributed by atoms with van der Waals surface area (Å²) in [5.74, 6) is -0.0352. The van der Waals surface area contributed by atoms with Crippen LogP contribution >= 0.6 is 0 Å². The molecule has 1 aliphatic heterocycles. The van der Waals surface area contributed by atoms with Crippen molar-refractivity contribution in [3.8, 4) is 0 Å². The van der Waals surface area contributed by atoms with Crippen LogP contribution in [0.4, 0.5) is 0 Å². The molecule has 1 atom stereocenters. The number of carboxylic acids is 1. The zero-order valence-corrected chi connectivity index (χ0v) is 13.6. The van der Waals surface area contributed by atoms with Gasteiger partial charge in [0.15, 0.2) is 0 Å². The number of benzene rings is 1. The number of hydrogen-bond acceptors (Lipinski definition) is 2. The van der Waals surface area contributed by atoms with Gasteiger partial charge in [0, 0.05) is 0 Å². The molecule has 1 unspecified atom stereocenters. The Kier molecular flexibility index (Phi) is 4.72. The van der Waals surface area contributed by atoms with Crippen molar-refractivity contribution in [2.45, 2.75) is 52.0 Å². The van der Waals surface area contributed by atoms with Crippen LogP contribution in [0.25, 0.3) is 0 Å². The number of hydrogen-bond donors (Lipinski definition) is 1. The average Bonchev–Trinajstić information content (AvgIpc) is 2.40. The maximum atomic E-state index is 11.7. The molecule has 3 nitrogen and oxygen atoms in total. The predicted molar refractivity (Wildman–Crippen MR) is 85.5 cm³/mol. The molecule has 0 radical (unpaired) electrons. The summed E-state index contributed by atoms with van der Waals surface area (Å²) in [6, 6.07) is 7.59. The molecule has 1 aromatic rings. The Balaban J connectivity index is 2.21. The van der Waals surface area contributed by atoms with Gasteiger partial charge in [0.05, 0.1) is 0 Å². The lowest BCUT2D eigenvalue weighted by Gasteiger charge is -2.35. The fourth-order valence-corrected chi connectivity index (χ4v) is 2.96. The van der Waals surface area contributed by atoms with Gasteiger partial charge in [-0.3, -0.25) is 9.69 Å². The van der Waals surface area contributed by atoms with E-state index < -0.39 is 12.0 Å². The Hall–Kier alpha value is -1.35. The lowest BCUT2D eigenvalue weighted by Crippen LogP contribution is -2.39. The van der Waals surface area contributed by atoms with Crippen molar-refractivity contribution in [3.63, 3.8) is 0 Å². The molecule has 3 heteroatoms. The number of piperidine rings is 1. The minimum Gasteiger partial charge on any atom is -0.480 e. The molecule has 1 fully saturated rings. The fourth-order valence-electron chi connectivity index (χ4n) is 2.96. The molecular formula is C18H27NO2. The summed E-state index contributed by atoms with van der Waals surface area (Å²) in [5, 5.41) is 9.63. The highest BCUT2D eigenvalue weighted by molar-refractivity contribution is 5.75. The van der Waals surface area contributed by atoms with Gasteiger partial charge in [-0.25, -0.2) is 0 Å². The van der Waals surface area contributed by atoms with E-state index in [4.69, 9.17) is 0 Å². The molecule has 0 aromatic heterocycles. The number of nitrogens with zero attached hydrogens (tertiary/aromatic N) is 1. The Morgan fingerprint density at radius 2 is 1.71 bits per heavy atom. The van der Waals surface area contributed by atoms with Crippen LogP contribution in [0.15, 0.2) is 24.3 Å². The van der Waals surface area contributed by atoms with Gasteiger partial charge in [-0.05, 0) is 48.4 Å². The Bertz CT molecular complexity index is 479. The van der Waals surface area contributed by atoms with E-state index in [1.165, 1.54) is 5.56 Å². The zero-order chi connectivity index (χ0) is 15.6. The van der Waals surface area contributed by atoms with E-state index in [2.05, 4.69) is 44.7 Å². The highest BCUT2D eigenvalue weighted by Gasteiger charge is 2.30. The van der Waals surface area contributed by atoms with E-state index in [1.54, 1.807) is 0 Å². The van der Waals surface area contributed by atoms with Gasteiger partial charge in [0.1, 0.15) is 6.04 Å². The highest BCUT2D eigenvalue weighted by atomic mass is 16.4. The molecular weight excluding hydrogens is 262 g/mol. The number of rotatable bonds is 3. The molecule has 0 spiro atoms. The van der Waals surface area contributed by atoms with E-state index >= 15 is 0 Å². The average molecular weight is 289 g/mol. The lowest BCUT2D eigenvalue weighted by atomic mass is 9.86. The molecule has 1 N–H and O–H groups in total. The smallest absolute Gasteiger partial charge is 0.325 e. The highest BCUT2D eigenvalue weighted by Crippen LogP contribution is 2.29. The largest absolute Gasteiger partial charge is 0.480 e. The minimum absolute atomic E-state index is 0.0950. The number of carbonyl (C=O) groups is 1. The van der Waals surface area contributed by atoms with E-state index in [9.17, 15) is 9.90 Å². The van der Waals surface area contributed by atoms with Gasteiger partial charge in [-0.1, -0.05) is 52.0 Å². The van der Waals surface area contributed by atoms with Crippen molar-refractivity contribution >= 4 is 5.97 Å². The van der Waals surface area contributed by atoms with Gasteiger partial charge in [0.2, 0.25) is 0 Å². The first-order valence-electron chi connectivity index (χ1n) is 7.86. The number of carboxylic acid groups (broad SMARTS) is 1. The monoisotopic (exact) mass is 289 g/mol. The van der Waals surface area contributed by atoms with Crippen molar-refractivity contribution in [1.29, 1.82) is 0 Å². The van der Waals surface area contributed by atoms with Crippen LogP contribution < -0.4 is 0 Å². The first kappa shape index (κ1) is 16.0. The molecule has 1 saturated heterocycles. The standard InChI is InChI=1S/C18H27NO2/c1-13-9-11-19(12-10-13)16(17(20)21)14-5-7-15(8-6-14)18(2,3)4/h5-8,13,16H,9-12H2,1-4H3,(H,20,21). The van der Waals surface area contributed by atoms with Gasteiger partial charge in [-0.15, -0.1) is 0 Å². The summed E-state index contributed by atoms with van der Waals surface area (Å²) < 4.78 is 0. The summed E-state index contributed by atoms with van der Waals surface area (Å²) >= 11 is 0. The molecule has 116 valence electrons. The van der Waals surface area contributed by atoms with Crippen LogP contribution in [0.5, 0.6) is 0 Å². The fraction of sp³-hybridized carbons (Fsp3) is 0.611. The molecule has 0 aliphatic carbocycles. The first-order valence-corrected chi connectivity index (χ1v) is 7.86. The summed E-state index contributed by atoms with van der Waals surface area (Å²) in [5.41, 5.74) is 2.23. The third-order valence-corrected chi connectivity index (χ3v) is 4.51. The van der Waals surface area contributed by atoms with Crippen molar-refractivity contribution in [2.24, 2.45) is 5.92 Å². The summed E-state index contributed by atoms with van der Waals surface area (Å²) in [6.45, 7) is 10.5. The van der Waals surface area contributed by atoms with Crippen LogP contribution in [0.1, 0.15) is 57.7 Å². The molecule has 1 aromatic carbocycles. The topological polar surface area (TPSA) is 40.5 Å². The van der Waals surface area contributed by atoms with Crippen LogP contribution in [0, 0.1) is 5.92 Å². The lowest BCUT2D eigenvalue weighted by molar-refractivity contribution is -0.144. The van der Waals surface area contributed by atoms with Crippen molar-refractivity contribution in [2.75, 3.05) is 13.1 Å². The minimum atomic E-state index is -0.743. The molecule has 0 bridgehead atoms. The quantitative estimate of drug-likeness (QED) is 0.919. The molecule has 1 aliphatic rings. The molecule has 1 heterocycles. The third kappa shape index (κ3) is 3.85. The van der Waals surface area contributed by atoms with Crippen LogP contribution in [-0.4, -0.2) is 29.1 Å². The number of likely N-dealkylation sites (tertiary alicyclic amines) is 1. The molecule has 21 heavy (non-hydrogen) atoms. The Morgan fingerprint density at radius 3 is 2.14 bits per heavy atom.